The fourth-order valence-corrected chi connectivity index (χ4v) is 2.75. The van der Waals surface area contributed by atoms with Crippen LogP contribution in [0, 0.1) is 0 Å². The fourth-order valence-electron chi connectivity index (χ4n) is 2.75. The number of carbonyl (C=O) groups excluding carboxylic acids is 1. The van der Waals surface area contributed by atoms with Crippen LogP contribution in [0.15, 0.2) is 60.7 Å². The molecule has 1 heterocycles. The van der Waals surface area contributed by atoms with Crippen molar-refractivity contribution in [2.24, 2.45) is 0 Å². The van der Waals surface area contributed by atoms with Crippen LogP contribution < -0.4 is 19.5 Å². The van der Waals surface area contributed by atoms with Crippen molar-refractivity contribution in [3.63, 3.8) is 0 Å². The van der Waals surface area contributed by atoms with Crippen molar-refractivity contribution < 1.29 is 32.2 Å². The number of aromatic nitrogens is 2. The molecule has 1 N–H and O–H groups in total. The molecule has 10 heteroatoms. The topological polar surface area (TPSA) is 82.6 Å². The molecule has 174 valence electrons. The first-order valence-corrected chi connectivity index (χ1v) is 10.1. The fraction of sp³-hybridized carbons (Fsp3) is 0.261. The molecule has 0 atom stereocenters. The van der Waals surface area contributed by atoms with E-state index in [-0.39, 0.29) is 18.9 Å². The summed E-state index contributed by atoms with van der Waals surface area (Å²) in [7, 11) is 0. The molecule has 7 nitrogen and oxygen atoms in total. The number of benzene rings is 2. The molecular formula is C23H22F3N3O4. The minimum absolute atomic E-state index is 0.0425. The van der Waals surface area contributed by atoms with Gasteiger partial charge in [-0.25, -0.2) is 0 Å². The first kappa shape index (κ1) is 23.8. The Bertz CT molecular complexity index is 1040. The summed E-state index contributed by atoms with van der Waals surface area (Å²) in [5.41, 5.74) is 0.708. The molecule has 3 aromatic rings. The van der Waals surface area contributed by atoms with E-state index in [1.54, 1.807) is 12.1 Å². The van der Waals surface area contributed by atoms with Crippen LogP contribution in [0.3, 0.4) is 0 Å². The second-order valence-electron chi connectivity index (χ2n) is 6.73. The highest BCUT2D eigenvalue weighted by Crippen LogP contribution is 2.31. The molecule has 1 amide bonds. The van der Waals surface area contributed by atoms with Crippen LogP contribution >= 0.6 is 0 Å². The van der Waals surface area contributed by atoms with Gasteiger partial charge in [0.2, 0.25) is 5.88 Å². The SMILES string of the molecule is CCOc1ccc(-c2ccc(OCCNC(=O)COc3cccc(C(F)(F)F)c3)nn2)cc1. The van der Waals surface area contributed by atoms with Gasteiger partial charge < -0.3 is 19.5 Å². The number of alkyl halides is 3. The Morgan fingerprint density at radius 3 is 2.39 bits per heavy atom. The lowest BCUT2D eigenvalue weighted by Crippen LogP contribution is -2.32. The number of hydrogen-bond acceptors (Lipinski definition) is 6. The van der Waals surface area contributed by atoms with Gasteiger partial charge in [0, 0.05) is 11.6 Å². The number of amides is 1. The molecule has 33 heavy (non-hydrogen) atoms. The summed E-state index contributed by atoms with van der Waals surface area (Å²) in [6.07, 6.45) is -4.48. The molecule has 0 saturated carbocycles. The van der Waals surface area contributed by atoms with Crippen LogP contribution in [0.5, 0.6) is 17.4 Å². The van der Waals surface area contributed by atoms with Gasteiger partial charge in [0.15, 0.2) is 6.61 Å². The van der Waals surface area contributed by atoms with Crippen molar-refractivity contribution in [2.45, 2.75) is 13.1 Å². The molecule has 0 fully saturated rings. The number of halogens is 3. The summed E-state index contributed by atoms with van der Waals surface area (Å²) in [5.74, 6) is 0.530. The minimum atomic E-state index is -4.48. The average molecular weight is 461 g/mol. The van der Waals surface area contributed by atoms with E-state index >= 15 is 0 Å². The van der Waals surface area contributed by atoms with Gasteiger partial charge in [0.1, 0.15) is 18.1 Å². The predicted molar refractivity (Wildman–Crippen MR) is 114 cm³/mol. The van der Waals surface area contributed by atoms with Crippen LogP contribution in [-0.2, 0) is 11.0 Å². The van der Waals surface area contributed by atoms with Crippen molar-refractivity contribution in [2.75, 3.05) is 26.4 Å². The lowest BCUT2D eigenvalue weighted by atomic mass is 10.1. The number of rotatable bonds is 10. The Morgan fingerprint density at radius 2 is 1.73 bits per heavy atom. The van der Waals surface area contributed by atoms with Gasteiger partial charge in [-0.1, -0.05) is 6.07 Å². The zero-order chi connectivity index (χ0) is 23.7. The number of hydrogen-bond donors (Lipinski definition) is 1. The molecular weight excluding hydrogens is 439 g/mol. The van der Waals surface area contributed by atoms with Crippen LogP contribution in [0.25, 0.3) is 11.3 Å². The van der Waals surface area contributed by atoms with E-state index < -0.39 is 24.3 Å². The maximum atomic E-state index is 12.7. The van der Waals surface area contributed by atoms with Gasteiger partial charge in [-0.2, -0.15) is 13.2 Å². The summed E-state index contributed by atoms with van der Waals surface area (Å²) in [6, 6.07) is 15.2. The normalized spacial score (nSPS) is 11.0. The quantitative estimate of drug-likeness (QED) is 0.457. The van der Waals surface area contributed by atoms with E-state index in [2.05, 4.69) is 15.5 Å². The van der Waals surface area contributed by atoms with Gasteiger partial charge in [0.25, 0.3) is 5.91 Å². The monoisotopic (exact) mass is 461 g/mol. The van der Waals surface area contributed by atoms with E-state index in [1.165, 1.54) is 12.1 Å². The van der Waals surface area contributed by atoms with Crippen LogP contribution in [0.1, 0.15) is 12.5 Å². The zero-order valence-corrected chi connectivity index (χ0v) is 17.8. The van der Waals surface area contributed by atoms with Crippen LogP contribution in [-0.4, -0.2) is 42.5 Å². The molecule has 2 aromatic carbocycles. The summed E-state index contributed by atoms with van der Waals surface area (Å²) in [4.78, 5) is 11.8. The molecule has 0 aliphatic carbocycles. The average Bonchev–Trinajstić information content (AvgIpc) is 2.81. The van der Waals surface area contributed by atoms with Crippen molar-refractivity contribution in [3.05, 3.63) is 66.2 Å². The lowest BCUT2D eigenvalue weighted by Gasteiger charge is -2.10. The summed E-state index contributed by atoms with van der Waals surface area (Å²) in [5, 5.41) is 10.7. The van der Waals surface area contributed by atoms with Crippen molar-refractivity contribution in [3.8, 4) is 28.6 Å². The molecule has 0 bridgehead atoms. The maximum Gasteiger partial charge on any atom is 0.416 e. The minimum Gasteiger partial charge on any atom is -0.494 e. The second kappa shape index (κ2) is 11.2. The first-order valence-electron chi connectivity index (χ1n) is 10.1. The standard InChI is InChI=1S/C23H22F3N3O4/c1-2-31-18-8-6-16(7-9-18)20-10-11-22(29-28-20)32-13-12-27-21(30)15-33-19-5-3-4-17(14-19)23(24,25)26/h3-11,14H,2,12-13,15H2,1H3,(H,27,30). The van der Waals surface area contributed by atoms with Crippen LogP contribution in [0.2, 0.25) is 0 Å². The molecule has 0 saturated heterocycles. The van der Waals surface area contributed by atoms with E-state index in [4.69, 9.17) is 14.2 Å². The molecule has 0 radical (unpaired) electrons. The third-order valence-electron chi connectivity index (χ3n) is 4.31. The number of carbonyl (C=O) groups is 1. The lowest BCUT2D eigenvalue weighted by molar-refractivity contribution is -0.137. The van der Waals surface area contributed by atoms with Gasteiger partial charge >= 0.3 is 6.18 Å². The van der Waals surface area contributed by atoms with E-state index in [0.717, 1.165) is 23.4 Å². The Labute approximate surface area is 188 Å². The van der Waals surface area contributed by atoms with Gasteiger partial charge in [-0.05, 0) is 55.5 Å². The number of nitrogens with one attached hydrogen (secondary N) is 1. The molecule has 0 spiro atoms. The summed E-state index contributed by atoms with van der Waals surface area (Å²) >= 11 is 0. The summed E-state index contributed by atoms with van der Waals surface area (Å²) < 4.78 is 54.1. The molecule has 1 aromatic heterocycles. The summed E-state index contributed by atoms with van der Waals surface area (Å²) in [6.45, 7) is 2.38. The van der Waals surface area contributed by atoms with E-state index in [1.807, 2.05) is 31.2 Å². The highest BCUT2D eigenvalue weighted by atomic mass is 19.4. The number of nitrogens with zero attached hydrogens (tertiary/aromatic N) is 2. The molecule has 3 rings (SSSR count). The molecule has 0 unspecified atom stereocenters. The second-order valence-corrected chi connectivity index (χ2v) is 6.73. The largest absolute Gasteiger partial charge is 0.494 e. The first-order chi connectivity index (χ1) is 15.8. The highest BCUT2D eigenvalue weighted by Gasteiger charge is 2.30. The zero-order valence-electron chi connectivity index (χ0n) is 17.8. The van der Waals surface area contributed by atoms with Crippen LogP contribution in [0.4, 0.5) is 13.2 Å². The van der Waals surface area contributed by atoms with Gasteiger partial charge in [0.05, 0.1) is 24.4 Å². The predicted octanol–water partition coefficient (Wildman–Crippen LogP) is 4.14. The van der Waals surface area contributed by atoms with Crippen molar-refractivity contribution in [1.82, 2.24) is 15.5 Å². The van der Waals surface area contributed by atoms with E-state index in [0.29, 0.717) is 18.2 Å². The van der Waals surface area contributed by atoms with Crippen molar-refractivity contribution in [1.29, 1.82) is 0 Å². The van der Waals surface area contributed by atoms with Gasteiger partial charge in [-0.3, -0.25) is 4.79 Å². The number of ether oxygens (including phenoxy) is 3. The Hall–Kier alpha value is -3.82. The maximum absolute atomic E-state index is 12.7. The highest BCUT2D eigenvalue weighted by molar-refractivity contribution is 5.77. The molecule has 0 aliphatic heterocycles. The molecule has 0 aliphatic rings. The smallest absolute Gasteiger partial charge is 0.416 e. The Morgan fingerprint density at radius 1 is 0.939 bits per heavy atom. The Kier molecular flexibility index (Phi) is 8.06. The van der Waals surface area contributed by atoms with E-state index in [9.17, 15) is 18.0 Å². The third kappa shape index (κ3) is 7.37. The Balaban J connectivity index is 1.38. The van der Waals surface area contributed by atoms with Crippen molar-refractivity contribution >= 4 is 5.91 Å². The third-order valence-corrected chi connectivity index (χ3v) is 4.31. The van der Waals surface area contributed by atoms with Gasteiger partial charge in [-0.15, -0.1) is 10.2 Å².